The van der Waals surface area contributed by atoms with Crippen LogP contribution in [0.4, 0.5) is 0 Å². The molecule has 1 aromatic rings. The molecule has 2 rings (SSSR count). The number of nitrogens with zero attached hydrogens (tertiary/aromatic N) is 3. The fourth-order valence-corrected chi connectivity index (χ4v) is 2.88. The van der Waals surface area contributed by atoms with E-state index in [4.69, 9.17) is 5.73 Å². The molecular formula is C13H24N4. The second-order valence-electron chi connectivity index (χ2n) is 5.25. The number of aromatic nitrogens is 2. The van der Waals surface area contributed by atoms with Gasteiger partial charge in [-0.2, -0.15) is 0 Å². The zero-order valence-electron chi connectivity index (χ0n) is 11.2. The van der Waals surface area contributed by atoms with Gasteiger partial charge in [0.25, 0.3) is 0 Å². The van der Waals surface area contributed by atoms with Crippen molar-refractivity contribution in [2.24, 2.45) is 18.7 Å². The van der Waals surface area contributed by atoms with Gasteiger partial charge in [0, 0.05) is 31.5 Å². The highest BCUT2D eigenvalue weighted by atomic mass is 15.2. The van der Waals surface area contributed by atoms with Crippen LogP contribution in [0.2, 0.25) is 0 Å². The van der Waals surface area contributed by atoms with E-state index in [-0.39, 0.29) is 5.54 Å². The third-order valence-electron chi connectivity index (χ3n) is 4.36. The van der Waals surface area contributed by atoms with Crippen LogP contribution in [0.5, 0.6) is 0 Å². The molecule has 4 heteroatoms. The van der Waals surface area contributed by atoms with Crippen LogP contribution in [-0.4, -0.2) is 33.6 Å². The molecule has 0 aromatic carbocycles. The van der Waals surface area contributed by atoms with Crippen molar-refractivity contribution in [2.75, 3.05) is 13.6 Å². The summed E-state index contributed by atoms with van der Waals surface area (Å²) in [7, 11) is 4.23. The fourth-order valence-electron chi connectivity index (χ4n) is 2.88. The van der Waals surface area contributed by atoms with Gasteiger partial charge < -0.3 is 10.3 Å². The molecule has 17 heavy (non-hydrogen) atoms. The zero-order chi connectivity index (χ0) is 12.5. The van der Waals surface area contributed by atoms with Crippen molar-refractivity contribution < 1.29 is 0 Å². The summed E-state index contributed by atoms with van der Waals surface area (Å²) in [6.45, 7) is 3.88. The Labute approximate surface area is 104 Å². The van der Waals surface area contributed by atoms with Crippen LogP contribution >= 0.6 is 0 Å². The van der Waals surface area contributed by atoms with E-state index >= 15 is 0 Å². The van der Waals surface area contributed by atoms with E-state index in [9.17, 15) is 0 Å². The van der Waals surface area contributed by atoms with Crippen LogP contribution in [-0.2, 0) is 13.6 Å². The molecule has 1 atom stereocenters. The Bertz CT molecular complexity index is 363. The number of likely N-dealkylation sites (N-methyl/N-ethyl adjacent to an activating group) is 1. The molecular weight excluding hydrogens is 212 g/mol. The first-order valence-electron chi connectivity index (χ1n) is 6.51. The number of aryl methyl sites for hydroxylation is 1. The Balaban J connectivity index is 2.11. The molecule has 0 bridgehead atoms. The smallest absolute Gasteiger partial charge is 0.122 e. The van der Waals surface area contributed by atoms with E-state index in [1.165, 1.54) is 12.8 Å². The lowest BCUT2D eigenvalue weighted by atomic mass is 9.88. The average molecular weight is 236 g/mol. The van der Waals surface area contributed by atoms with Crippen molar-refractivity contribution in [1.82, 2.24) is 14.5 Å². The van der Waals surface area contributed by atoms with Crippen LogP contribution in [0.25, 0.3) is 0 Å². The Morgan fingerprint density at radius 3 is 2.71 bits per heavy atom. The maximum Gasteiger partial charge on any atom is 0.122 e. The molecule has 1 fully saturated rings. The summed E-state index contributed by atoms with van der Waals surface area (Å²) in [5, 5.41) is 0. The van der Waals surface area contributed by atoms with Gasteiger partial charge >= 0.3 is 0 Å². The van der Waals surface area contributed by atoms with Crippen LogP contribution in [0, 0.1) is 5.92 Å². The van der Waals surface area contributed by atoms with Gasteiger partial charge in [0.2, 0.25) is 0 Å². The Hall–Kier alpha value is -0.870. The van der Waals surface area contributed by atoms with Crippen molar-refractivity contribution in [1.29, 1.82) is 0 Å². The lowest BCUT2D eigenvalue weighted by molar-refractivity contribution is 0.0856. The summed E-state index contributed by atoms with van der Waals surface area (Å²) in [6.07, 6.45) is 7.63. The summed E-state index contributed by atoms with van der Waals surface area (Å²) >= 11 is 0. The van der Waals surface area contributed by atoms with Crippen LogP contribution in [0.1, 0.15) is 32.0 Å². The third kappa shape index (κ3) is 2.24. The highest BCUT2D eigenvalue weighted by molar-refractivity contribution is 5.03. The number of rotatable bonds is 6. The molecule has 0 amide bonds. The Kier molecular flexibility index (Phi) is 3.54. The van der Waals surface area contributed by atoms with Gasteiger partial charge in [0.1, 0.15) is 5.82 Å². The maximum absolute atomic E-state index is 6.06. The van der Waals surface area contributed by atoms with Gasteiger partial charge in [-0.05, 0) is 32.2 Å². The molecule has 2 N–H and O–H groups in total. The van der Waals surface area contributed by atoms with Gasteiger partial charge in [-0.15, -0.1) is 0 Å². The molecule has 0 aliphatic heterocycles. The molecule has 0 radical (unpaired) electrons. The summed E-state index contributed by atoms with van der Waals surface area (Å²) in [5.74, 6) is 1.89. The van der Waals surface area contributed by atoms with Gasteiger partial charge in [-0.25, -0.2) is 4.98 Å². The summed E-state index contributed by atoms with van der Waals surface area (Å²) in [4.78, 5) is 6.81. The van der Waals surface area contributed by atoms with Gasteiger partial charge in [0.05, 0.1) is 6.54 Å². The molecule has 1 unspecified atom stereocenters. The Morgan fingerprint density at radius 2 is 2.29 bits per heavy atom. The standard InChI is InChI=1S/C13H24N4/c1-4-13(10-14,11-5-6-11)17(3)9-12-15-7-8-16(12)2/h7-8,11H,4-6,9-10,14H2,1-3H3. The minimum Gasteiger partial charge on any atom is -0.337 e. The van der Waals surface area contributed by atoms with Crippen LogP contribution in [0.3, 0.4) is 0 Å². The number of hydrogen-bond donors (Lipinski definition) is 1. The lowest BCUT2D eigenvalue weighted by Gasteiger charge is -2.41. The predicted octanol–water partition coefficient (Wildman–Crippen LogP) is 1.37. The fraction of sp³-hybridized carbons (Fsp3) is 0.769. The second kappa shape index (κ2) is 4.78. The van der Waals surface area contributed by atoms with Gasteiger partial charge in [-0.3, -0.25) is 4.90 Å². The first kappa shape index (κ1) is 12.6. The van der Waals surface area contributed by atoms with Crippen LogP contribution < -0.4 is 5.73 Å². The SMILES string of the molecule is CCC(CN)(C1CC1)N(C)Cc1nccn1C. The van der Waals surface area contributed by atoms with Gasteiger partial charge in [0.15, 0.2) is 0 Å². The minimum absolute atomic E-state index is 0.173. The first-order valence-corrected chi connectivity index (χ1v) is 6.51. The molecule has 1 aromatic heterocycles. The average Bonchev–Trinajstić information content (AvgIpc) is 3.08. The molecule has 1 aliphatic rings. The lowest BCUT2D eigenvalue weighted by Crippen LogP contribution is -2.53. The quantitative estimate of drug-likeness (QED) is 0.811. The molecule has 1 aliphatic carbocycles. The Morgan fingerprint density at radius 1 is 1.59 bits per heavy atom. The second-order valence-corrected chi connectivity index (χ2v) is 5.25. The number of nitrogens with two attached hydrogens (primary N) is 1. The van der Waals surface area contributed by atoms with E-state index < -0.39 is 0 Å². The molecule has 0 saturated heterocycles. The molecule has 96 valence electrons. The normalized spacial score (nSPS) is 19.6. The topological polar surface area (TPSA) is 47.1 Å². The van der Waals surface area contributed by atoms with Crippen LogP contribution in [0.15, 0.2) is 12.4 Å². The van der Waals surface area contributed by atoms with E-state index in [1.807, 2.05) is 19.4 Å². The number of hydrogen-bond acceptors (Lipinski definition) is 3. The highest BCUT2D eigenvalue weighted by Gasteiger charge is 2.45. The predicted molar refractivity (Wildman–Crippen MR) is 69.5 cm³/mol. The van der Waals surface area contributed by atoms with E-state index in [1.54, 1.807) is 0 Å². The first-order chi connectivity index (χ1) is 8.14. The molecule has 1 heterocycles. The highest BCUT2D eigenvalue weighted by Crippen LogP contribution is 2.44. The maximum atomic E-state index is 6.06. The minimum atomic E-state index is 0.173. The van der Waals surface area contributed by atoms with E-state index in [2.05, 4.69) is 28.4 Å². The summed E-state index contributed by atoms with van der Waals surface area (Å²) < 4.78 is 2.08. The molecule has 4 nitrogen and oxygen atoms in total. The number of imidazole rings is 1. The van der Waals surface area contributed by atoms with Crippen molar-refractivity contribution in [3.63, 3.8) is 0 Å². The van der Waals surface area contributed by atoms with Crippen molar-refractivity contribution >= 4 is 0 Å². The van der Waals surface area contributed by atoms with Gasteiger partial charge in [-0.1, -0.05) is 6.92 Å². The summed E-state index contributed by atoms with van der Waals surface area (Å²) in [6, 6.07) is 0. The van der Waals surface area contributed by atoms with E-state index in [0.717, 1.165) is 31.3 Å². The van der Waals surface area contributed by atoms with Crippen molar-refractivity contribution in [3.05, 3.63) is 18.2 Å². The largest absolute Gasteiger partial charge is 0.337 e. The van der Waals surface area contributed by atoms with E-state index in [0.29, 0.717) is 0 Å². The third-order valence-corrected chi connectivity index (χ3v) is 4.36. The zero-order valence-corrected chi connectivity index (χ0v) is 11.2. The molecule has 1 saturated carbocycles. The monoisotopic (exact) mass is 236 g/mol. The summed E-state index contributed by atoms with van der Waals surface area (Å²) in [5.41, 5.74) is 6.23. The van der Waals surface area contributed by atoms with Crippen molar-refractivity contribution in [2.45, 2.75) is 38.3 Å². The molecule has 0 spiro atoms. The van der Waals surface area contributed by atoms with Crippen molar-refractivity contribution in [3.8, 4) is 0 Å².